The first-order valence-electron chi connectivity index (χ1n) is 40.6. The number of rotatable bonds is 14. The largest absolute Gasteiger partial charge is 0.457 e. The average molecular weight is 1600 g/mol. The number of carbonyl (C=O) groups excluding carboxylic acids is 12. The van der Waals surface area contributed by atoms with E-state index in [1.165, 1.54) is 15.0 Å². The molecular formula is C89H113N13O15. The molecule has 3 aromatic heterocycles. The second-order valence-electron chi connectivity index (χ2n) is 31.7. The van der Waals surface area contributed by atoms with Crippen LogP contribution >= 0.6 is 0 Å². The Balaban J connectivity index is 0.000000200. The smallest absolute Gasteiger partial charge is 0.325 e. The Morgan fingerprint density at radius 3 is 1.68 bits per heavy atom. The molecule has 8 heterocycles. The van der Waals surface area contributed by atoms with Crippen LogP contribution in [-0.4, -0.2) is 163 Å². The van der Waals surface area contributed by atoms with Crippen LogP contribution in [0.1, 0.15) is 213 Å². The molecule has 0 aliphatic carbocycles. The fourth-order valence-electron chi connectivity index (χ4n) is 14.3. The summed E-state index contributed by atoms with van der Waals surface area (Å²) in [5, 5.41) is 20.9. The maximum atomic E-state index is 13.2. The number of ether oxygens (including phenoxy) is 3. The van der Waals surface area contributed by atoms with Crippen molar-refractivity contribution in [2.24, 2.45) is 29.6 Å². The fourth-order valence-corrected chi connectivity index (χ4v) is 14.3. The minimum Gasteiger partial charge on any atom is -0.457 e. The molecule has 0 unspecified atom stereocenters. The third-order valence-electron chi connectivity index (χ3n) is 21.4. The Hall–Kier alpha value is -11.2. The highest BCUT2D eigenvalue weighted by Crippen LogP contribution is 2.30. The van der Waals surface area contributed by atoms with Gasteiger partial charge in [0, 0.05) is 98.3 Å². The van der Waals surface area contributed by atoms with Crippen molar-refractivity contribution < 1.29 is 71.7 Å². The summed E-state index contributed by atoms with van der Waals surface area (Å²) in [6, 6.07) is 17.8. The molecule has 7 N–H and O–H groups in total. The molecule has 3 saturated heterocycles. The number of cyclic esters (lactones) is 2. The molecule has 0 saturated carbocycles. The van der Waals surface area contributed by atoms with E-state index in [-0.39, 0.29) is 96.9 Å². The number of amides is 7. The lowest BCUT2D eigenvalue weighted by Crippen LogP contribution is -2.61. The highest BCUT2D eigenvalue weighted by atomic mass is 16.6. The van der Waals surface area contributed by atoms with Gasteiger partial charge in [0.05, 0.1) is 17.1 Å². The van der Waals surface area contributed by atoms with Crippen molar-refractivity contribution in [1.29, 1.82) is 0 Å². The van der Waals surface area contributed by atoms with Crippen molar-refractivity contribution >= 4 is 121 Å². The average Bonchev–Trinajstić information content (AvgIpc) is 1.35. The molecule has 10 bridgehead atoms. The lowest BCUT2D eigenvalue weighted by Gasteiger charge is -2.35. The van der Waals surface area contributed by atoms with E-state index in [1.54, 1.807) is 81.9 Å². The standard InChI is InChI=1S/C32H42N4O5.C29H36N4O5.C28H35N5O5/c1-7-9-11-27(37)18-28(20(3)4)30(38)34-21(5)31(39)36-15-10-12-29(35-36)32(40)41-22(6)23-13-14-24-19-33-26(8-2)17-25(24)16-23;1-17(2)25-15-24(34)8-5-7-23-14-22-13-20(10-11-21(22)16-30-23)19(4)38-29(37)26-9-6-12-33(32-26)28(36)18(3)31-27(25)35;1-16(2)25-26(35)30-17(3)27(36)33-12-6-8-23(32-33)28(37)38-18(4)19-10-11-20-15-29-22(14-21(20)13-19)7-5-9-24(34)31-25/h7-9,13-14,16-17,19-22,28-29,35H,2,10-12,15,18H2,1,3-6H3,(H,34,38);5,7,10-11,13-14,16-19,25-26,32H,6,8-9,12,15H2,1-4H3,(H,31,35);5,7,10-11,13-18,23,25,32H,6,8-9,12H2,1-4H3,(H,30,35)(H,31,34)/b9-7+;7-5+;7-5-/t21-,22+,28-,29-;18-,19+,25-,26-;17-,18+,23-,25-/m000/s1. The van der Waals surface area contributed by atoms with Crippen molar-refractivity contribution in [3.63, 3.8) is 0 Å². The zero-order valence-corrected chi connectivity index (χ0v) is 69.3. The highest BCUT2D eigenvalue weighted by molar-refractivity contribution is 5.95. The number of carbonyl (C=O) groups is 12. The summed E-state index contributed by atoms with van der Waals surface area (Å²) in [6.45, 7) is 28.3. The Morgan fingerprint density at radius 2 is 1.14 bits per heavy atom. The van der Waals surface area contributed by atoms with Gasteiger partial charge in [-0.25, -0.2) is 16.3 Å². The third-order valence-corrected chi connectivity index (χ3v) is 21.4. The van der Waals surface area contributed by atoms with Gasteiger partial charge in [0.1, 0.15) is 72.2 Å². The molecule has 3 fully saturated rings. The zero-order chi connectivity index (χ0) is 84.9. The Bertz CT molecular complexity index is 4560. The van der Waals surface area contributed by atoms with E-state index in [2.05, 4.69) is 59.1 Å². The molecule has 3 aromatic carbocycles. The number of nitrogens with zero attached hydrogens (tertiary/aromatic N) is 6. The van der Waals surface area contributed by atoms with Crippen molar-refractivity contribution in [2.45, 2.75) is 221 Å². The van der Waals surface area contributed by atoms with E-state index in [9.17, 15) is 57.5 Å². The van der Waals surface area contributed by atoms with Gasteiger partial charge in [0.2, 0.25) is 23.6 Å². The van der Waals surface area contributed by atoms with Gasteiger partial charge >= 0.3 is 17.9 Å². The first-order valence-corrected chi connectivity index (χ1v) is 40.6. The lowest BCUT2D eigenvalue weighted by molar-refractivity contribution is -0.158. The number of hydrogen-bond acceptors (Lipinski definition) is 21. The van der Waals surface area contributed by atoms with Crippen LogP contribution in [0.3, 0.4) is 0 Å². The van der Waals surface area contributed by atoms with Gasteiger partial charge in [-0.1, -0.05) is 109 Å². The summed E-state index contributed by atoms with van der Waals surface area (Å²) in [5.74, 6) is -5.35. The molecular weight excluding hydrogens is 1490 g/mol. The Labute approximate surface area is 683 Å². The van der Waals surface area contributed by atoms with E-state index in [4.69, 9.17) is 14.2 Å². The minimum atomic E-state index is -0.861. The number of aromatic nitrogens is 3. The summed E-state index contributed by atoms with van der Waals surface area (Å²) >= 11 is 0. The van der Waals surface area contributed by atoms with E-state index in [0.29, 0.717) is 69.5 Å². The van der Waals surface area contributed by atoms with Crippen LogP contribution in [-0.2, 0) is 71.7 Å². The minimum absolute atomic E-state index is 0.0218. The number of Topliss-reactive ketones (excluding diaryl/α,β-unsaturated/α-hetero) is 2. The number of esters is 3. The number of nitrogens with one attached hydrogen (secondary N) is 7. The van der Waals surface area contributed by atoms with E-state index < -0.39 is 96.3 Å². The van der Waals surface area contributed by atoms with Crippen LogP contribution in [0.4, 0.5) is 0 Å². The van der Waals surface area contributed by atoms with Crippen LogP contribution in [0, 0.1) is 29.6 Å². The number of fused-ring (bicyclic) bond motifs is 9. The highest BCUT2D eigenvalue weighted by Gasteiger charge is 2.38. The van der Waals surface area contributed by atoms with Gasteiger partial charge in [-0.2, -0.15) is 0 Å². The molecule has 28 heteroatoms. The second-order valence-corrected chi connectivity index (χ2v) is 31.7. The molecule has 624 valence electrons. The zero-order valence-electron chi connectivity index (χ0n) is 69.3. The Kier molecular flexibility index (Phi) is 32.2. The summed E-state index contributed by atoms with van der Waals surface area (Å²) in [7, 11) is 0. The van der Waals surface area contributed by atoms with E-state index in [1.807, 2.05) is 142 Å². The van der Waals surface area contributed by atoms with E-state index >= 15 is 0 Å². The summed E-state index contributed by atoms with van der Waals surface area (Å²) in [5.41, 5.74) is 13.6. The maximum absolute atomic E-state index is 13.2. The van der Waals surface area contributed by atoms with Crippen molar-refractivity contribution in [3.8, 4) is 0 Å². The fraction of sp³-hybridized carbons (Fsp3) is 0.472. The monoisotopic (exact) mass is 1600 g/mol. The quantitative estimate of drug-likeness (QED) is 0.0303. The topological polar surface area (TPSA) is 365 Å². The van der Waals surface area contributed by atoms with Gasteiger partial charge in [-0.3, -0.25) is 87.5 Å². The van der Waals surface area contributed by atoms with Crippen LogP contribution < -0.4 is 37.5 Å². The second kappa shape index (κ2) is 42.1. The van der Waals surface area contributed by atoms with Crippen LogP contribution in [0.5, 0.6) is 0 Å². The lowest BCUT2D eigenvalue weighted by atomic mass is 9.89. The molecule has 11 rings (SSSR count). The normalized spacial score (nSPS) is 23.6. The molecule has 12 atom stereocenters. The van der Waals surface area contributed by atoms with Crippen molar-refractivity contribution in [2.75, 3.05) is 19.6 Å². The number of hydrazine groups is 3. The van der Waals surface area contributed by atoms with Crippen LogP contribution in [0.15, 0.2) is 122 Å². The number of allylic oxidation sites excluding steroid dienone is 3. The molecule has 7 amide bonds. The van der Waals surface area contributed by atoms with Gasteiger partial charge < -0.3 is 35.5 Å². The molecule has 28 nitrogen and oxygen atoms in total. The van der Waals surface area contributed by atoms with Gasteiger partial charge in [0.25, 0.3) is 17.7 Å². The summed E-state index contributed by atoms with van der Waals surface area (Å²) in [4.78, 5) is 168. The number of hydrogen-bond donors (Lipinski definition) is 7. The van der Waals surface area contributed by atoms with E-state index in [0.717, 1.165) is 54.7 Å². The predicted molar refractivity (Wildman–Crippen MR) is 445 cm³/mol. The predicted octanol–water partition coefficient (Wildman–Crippen LogP) is 10.6. The molecule has 5 aliphatic heterocycles. The maximum Gasteiger partial charge on any atom is 0.325 e. The summed E-state index contributed by atoms with van der Waals surface area (Å²) < 4.78 is 17.3. The third kappa shape index (κ3) is 24.9. The first-order chi connectivity index (χ1) is 55.8. The first kappa shape index (κ1) is 89.7. The van der Waals surface area contributed by atoms with Gasteiger partial charge in [-0.05, 0) is 192 Å². The van der Waals surface area contributed by atoms with Gasteiger partial charge in [0.15, 0.2) is 0 Å². The molecule has 6 aromatic rings. The molecule has 0 radical (unpaired) electrons. The van der Waals surface area contributed by atoms with Crippen molar-refractivity contribution in [1.82, 2.24) is 67.5 Å². The van der Waals surface area contributed by atoms with Gasteiger partial charge in [-0.15, -0.1) is 0 Å². The number of ketones is 2. The SMILES string of the molecule is C=Cc1cc2cc([C@@H](C)OC(=O)[C@@H]3CCCN(C(=O)[C@H](C)NC(=O)[C@@H](CC(=O)C/C=C/C)C(C)C)N3)ccc2cn1.CC(C)[C@@H]1CC(=O)C/C=C/c2cc3cc(ccc3cn2)[C@@H](C)OC(=O)[C@@H]2CCCN(N2)C(=O)[C@H](C)NC1=O.CC(C)[C@@H]1NC(=O)C/C=C\c2cc3cc(ccc3cn2)[C@@H](C)OC(=O)[C@@H]2CCCN(N2)C(=O)[C@H](C)NC1=O. The van der Waals surface area contributed by atoms with Crippen LogP contribution in [0.2, 0.25) is 0 Å². The number of pyridine rings is 3. The molecule has 117 heavy (non-hydrogen) atoms. The number of benzene rings is 3. The molecule has 0 spiro atoms. The van der Waals surface area contributed by atoms with Crippen molar-refractivity contribution in [3.05, 3.63) is 156 Å². The van der Waals surface area contributed by atoms with Crippen LogP contribution in [0.25, 0.3) is 50.5 Å². The Morgan fingerprint density at radius 1 is 0.607 bits per heavy atom. The summed E-state index contributed by atoms with van der Waals surface area (Å²) in [6.07, 6.45) is 20.2. The molecule has 5 aliphatic rings.